The van der Waals surface area contributed by atoms with Crippen molar-refractivity contribution in [1.29, 1.82) is 0 Å². The van der Waals surface area contributed by atoms with E-state index in [0.29, 0.717) is 11.3 Å². The van der Waals surface area contributed by atoms with Crippen molar-refractivity contribution in [3.8, 4) is 0 Å². The third-order valence-corrected chi connectivity index (χ3v) is 7.17. The van der Waals surface area contributed by atoms with Gasteiger partial charge >= 0.3 is 0 Å². The molecule has 0 heterocycles. The van der Waals surface area contributed by atoms with E-state index < -0.39 is 0 Å². The largest absolute Gasteiger partial charge is 0.103 e. The molecule has 2 saturated carbocycles. The molecule has 0 heteroatoms. The van der Waals surface area contributed by atoms with Crippen LogP contribution in [0.15, 0.2) is 12.7 Å². The molecule has 0 nitrogen and oxygen atoms in total. The smallest absolute Gasteiger partial charge is 0.0236 e. The summed E-state index contributed by atoms with van der Waals surface area (Å²) in [5.41, 5.74) is 0.672. The van der Waals surface area contributed by atoms with E-state index in [-0.39, 0.29) is 0 Å². The van der Waals surface area contributed by atoms with E-state index in [2.05, 4.69) is 47.3 Å². The van der Waals surface area contributed by atoms with Crippen molar-refractivity contribution >= 4 is 0 Å². The van der Waals surface area contributed by atoms with Crippen LogP contribution in [0, 0.1) is 40.9 Å². The number of hydrogen-bond acceptors (Lipinski definition) is 0. The molecular weight excluding hydrogens is 228 g/mol. The predicted octanol–water partition coefficient (Wildman–Crippen LogP) is 5.93. The lowest BCUT2D eigenvalue weighted by Gasteiger charge is -2.55. The fourth-order valence-electron chi connectivity index (χ4n) is 5.35. The number of allylic oxidation sites excluding steroid dienone is 1. The summed E-state index contributed by atoms with van der Waals surface area (Å²) in [7, 11) is 0. The molecule has 110 valence electrons. The maximum absolute atomic E-state index is 4.00. The molecule has 0 N–H and O–H groups in total. The first kappa shape index (κ1) is 15.1. The lowest BCUT2D eigenvalue weighted by atomic mass is 9.49. The number of hydrogen-bond donors (Lipinski definition) is 0. The van der Waals surface area contributed by atoms with Crippen LogP contribution < -0.4 is 0 Å². The summed E-state index contributed by atoms with van der Waals surface area (Å²) in [4.78, 5) is 0. The van der Waals surface area contributed by atoms with Gasteiger partial charge in [0.25, 0.3) is 0 Å². The van der Waals surface area contributed by atoms with Crippen LogP contribution in [-0.4, -0.2) is 0 Å². The molecule has 0 aromatic rings. The van der Waals surface area contributed by atoms with Gasteiger partial charge in [-0.25, -0.2) is 0 Å². The average molecular weight is 262 g/mol. The molecule has 0 aromatic carbocycles. The Kier molecular flexibility index (Phi) is 4.48. The van der Waals surface area contributed by atoms with Crippen LogP contribution in [0.4, 0.5) is 0 Å². The zero-order chi connectivity index (χ0) is 14.2. The van der Waals surface area contributed by atoms with Crippen molar-refractivity contribution in [3.05, 3.63) is 12.7 Å². The van der Waals surface area contributed by atoms with E-state index in [4.69, 9.17) is 0 Å². The van der Waals surface area contributed by atoms with E-state index in [1.165, 1.54) is 32.1 Å². The average Bonchev–Trinajstić information content (AvgIpc) is 2.76. The summed E-state index contributed by atoms with van der Waals surface area (Å²) in [6, 6.07) is 0. The molecule has 19 heavy (non-hydrogen) atoms. The molecule has 2 aliphatic rings. The summed E-state index contributed by atoms with van der Waals surface area (Å²) in [5, 5.41) is 0. The van der Waals surface area contributed by atoms with Crippen molar-refractivity contribution in [2.45, 2.75) is 66.7 Å². The van der Waals surface area contributed by atoms with Crippen molar-refractivity contribution in [2.75, 3.05) is 0 Å². The molecule has 2 fully saturated rings. The lowest BCUT2D eigenvalue weighted by Crippen LogP contribution is -2.47. The van der Waals surface area contributed by atoms with Gasteiger partial charge in [0, 0.05) is 0 Å². The van der Waals surface area contributed by atoms with E-state index in [0.717, 1.165) is 29.6 Å². The third kappa shape index (κ3) is 2.52. The Morgan fingerprint density at radius 2 is 1.79 bits per heavy atom. The van der Waals surface area contributed by atoms with Crippen LogP contribution in [0.1, 0.15) is 66.7 Å². The maximum Gasteiger partial charge on any atom is -0.0236 e. The minimum atomic E-state index is 0.672. The second-order valence-corrected chi connectivity index (χ2v) is 7.89. The first-order valence-corrected chi connectivity index (χ1v) is 8.57. The van der Waals surface area contributed by atoms with Gasteiger partial charge in [0.1, 0.15) is 0 Å². The Balaban J connectivity index is 2.01. The molecule has 2 rings (SSSR count). The Morgan fingerprint density at radius 1 is 1.16 bits per heavy atom. The van der Waals surface area contributed by atoms with Gasteiger partial charge in [-0.2, -0.15) is 0 Å². The van der Waals surface area contributed by atoms with E-state index in [9.17, 15) is 0 Å². The van der Waals surface area contributed by atoms with E-state index in [1.54, 1.807) is 0 Å². The monoisotopic (exact) mass is 262 g/mol. The quantitative estimate of drug-likeness (QED) is 0.538. The van der Waals surface area contributed by atoms with Crippen molar-refractivity contribution in [1.82, 2.24) is 0 Å². The zero-order valence-corrected chi connectivity index (χ0v) is 13.8. The summed E-state index contributed by atoms with van der Waals surface area (Å²) in [6.07, 6.45) is 9.40. The highest BCUT2D eigenvalue weighted by atomic mass is 14.6. The van der Waals surface area contributed by atoms with E-state index in [1.807, 2.05) is 0 Å². The minimum absolute atomic E-state index is 0.672. The van der Waals surface area contributed by atoms with Crippen molar-refractivity contribution < 1.29 is 0 Å². The SMILES string of the molecule is C=CC(C)C1CC(C)C(CC2(CC)C(C)CC2C)C1. The van der Waals surface area contributed by atoms with Gasteiger partial charge in [0.2, 0.25) is 0 Å². The van der Waals surface area contributed by atoms with Crippen LogP contribution >= 0.6 is 0 Å². The summed E-state index contributed by atoms with van der Waals surface area (Å²) in [5.74, 6) is 5.41. The molecule has 0 spiro atoms. The Hall–Kier alpha value is -0.260. The second-order valence-electron chi connectivity index (χ2n) is 7.89. The van der Waals surface area contributed by atoms with Gasteiger partial charge in [-0.15, -0.1) is 6.58 Å². The second kappa shape index (κ2) is 5.62. The van der Waals surface area contributed by atoms with Crippen LogP contribution in [0.25, 0.3) is 0 Å². The van der Waals surface area contributed by atoms with Crippen LogP contribution in [0.5, 0.6) is 0 Å². The Morgan fingerprint density at radius 3 is 2.26 bits per heavy atom. The Labute approximate surface area is 121 Å². The standard InChI is InChI=1S/C19H34/c1-7-13(3)17-9-14(4)18(11-17)12-19(8-2)15(5)10-16(19)6/h7,13-18H,1,8-12H2,2-6H3. The lowest BCUT2D eigenvalue weighted by molar-refractivity contribution is -0.0607. The summed E-state index contributed by atoms with van der Waals surface area (Å²) < 4.78 is 0. The molecule has 6 unspecified atom stereocenters. The summed E-state index contributed by atoms with van der Waals surface area (Å²) in [6.45, 7) is 16.3. The van der Waals surface area contributed by atoms with Gasteiger partial charge in [-0.1, -0.05) is 40.7 Å². The van der Waals surface area contributed by atoms with Crippen LogP contribution in [0.2, 0.25) is 0 Å². The van der Waals surface area contributed by atoms with Gasteiger partial charge in [0.15, 0.2) is 0 Å². The van der Waals surface area contributed by atoms with Crippen molar-refractivity contribution in [3.63, 3.8) is 0 Å². The molecule has 0 aliphatic heterocycles. The maximum atomic E-state index is 4.00. The van der Waals surface area contributed by atoms with Gasteiger partial charge in [0.05, 0.1) is 0 Å². The molecule has 6 atom stereocenters. The first-order valence-electron chi connectivity index (χ1n) is 8.57. The highest BCUT2D eigenvalue weighted by Crippen LogP contribution is 2.59. The van der Waals surface area contributed by atoms with Crippen molar-refractivity contribution in [2.24, 2.45) is 40.9 Å². The molecule has 0 radical (unpaired) electrons. The van der Waals surface area contributed by atoms with Gasteiger partial charge in [-0.05, 0) is 73.0 Å². The fraction of sp³-hybridized carbons (Fsp3) is 0.895. The minimum Gasteiger partial charge on any atom is -0.103 e. The summed E-state index contributed by atoms with van der Waals surface area (Å²) >= 11 is 0. The molecule has 0 aromatic heterocycles. The highest BCUT2D eigenvalue weighted by Gasteiger charge is 2.51. The first-order chi connectivity index (χ1) is 8.94. The van der Waals surface area contributed by atoms with Gasteiger partial charge < -0.3 is 0 Å². The predicted molar refractivity (Wildman–Crippen MR) is 85.0 cm³/mol. The third-order valence-electron chi connectivity index (χ3n) is 7.17. The Bertz CT molecular complexity index is 308. The number of rotatable bonds is 5. The molecule has 2 aliphatic carbocycles. The molecular formula is C19H34. The topological polar surface area (TPSA) is 0 Å². The zero-order valence-electron chi connectivity index (χ0n) is 13.8. The highest BCUT2D eigenvalue weighted by molar-refractivity contribution is 5.01. The fourth-order valence-corrected chi connectivity index (χ4v) is 5.35. The van der Waals surface area contributed by atoms with Crippen LogP contribution in [-0.2, 0) is 0 Å². The van der Waals surface area contributed by atoms with Crippen LogP contribution in [0.3, 0.4) is 0 Å². The molecule has 0 amide bonds. The normalized spacial score (nSPS) is 47.7. The van der Waals surface area contributed by atoms with Gasteiger partial charge in [-0.3, -0.25) is 0 Å². The molecule has 0 bridgehead atoms. The molecule has 0 saturated heterocycles. The van der Waals surface area contributed by atoms with E-state index >= 15 is 0 Å².